The fourth-order valence-corrected chi connectivity index (χ4v) is 2.89. The zero-order valence-corrected chi connectivity index (χ0v) is 11.9. The molecule has 0 atom stereocenters. The molecule has 1 aliphatic rings. The van der Waals surface area contributed by atoms with Crippen molar-refractivity contribution in [1.29, 1.82) is 0 Å². The first-order valence-electron chi connectivity index (χ1n) is 6.98. The van der Waals surface area contributed by atoms with Crippen LogP contribution in [0.15, 0.2) is 42.7 Å². The summed E-state index contributed by atoms with van der Waals surface area (Å²) in [4.78, 5) is 12.3. The van der Waals surface area contributed by atoms with E-state index in [4.69, 9.17) is 11.6 Å². The molecule has 0 aliphatic heterocycles. The van der Waals surface area contributed by atoms with Crippen LogP contribution in [0.1, 0.15) is 36.0 Å². The maximum Gasteiger partial charge on any atom is 0.253 e. The van der Waals surface area contributed by atoms with E-state index in [1.54, 1.807) is 6.07 Å². The number of nitrogens with one attached hydrogen (secondary N) is 1. The van der Waals surface area contributed by atoms with Crippen molar-refractivity contribution in [3.05, 3.63) is 53.3 Å². The van der Waals surface area contributed by atoms with Gasteiger partial charge in [0.15, 0.2) is 0 Å². The Bertz CT molecular complexity index is 601. The molecule has 4 heteroatoms. The second-order valence-corrected chi connectivity index (χ2v) is 5.62. The maximum absolute atomic E-state index is 12.3. The molecule has 1 N–H and O–H groups in total. The Balaban J connectivity index is 1.84. The molecule has 1 aromatic heterocycles. The highest BCUT2D eigenvalue weighted by molar-refractivity contribution is 6.33. The number of hydrogen-bond donors (Lipinski definition) is 1. The number of nitrogens with zero attached hydrogens (tertiary/aromatic N) is 1. The Morgan fingerprint density at radius 1 is 1.20 bits per heavy atom. The van der Waals surface area contributed by atoms with Gasteiger partial charge in [-0.2, -0.15) is 0 Å². The normalized spacial score (nSPS) is 15.4. The zero-order chi connectivity index (χ0) is 13.9. The first kappa shape index (κ1) is 13.3. The van der Waals surface area contributed by atoms with Crippen molar-refractivity contribution in [2.75, 3.05) is 0 Å². The number of carbonyl (C=O) groups excluding carboxylic acids is 1. The van der Waals surface area contributed by atoms with Crippen molar-refractivity contribution in [3.63, 3.8) is 0 Å². The first-order valence-corrected chi connectivity index (χ1v) is 7.35. The quantitative estimate of drug-likeness (QED) is 0.916. The molecule has 0 radical (unpaired) electrons. The van der Waals surface area contributed by atoms with Gasteiger partial charge in [0.1, 0.15) is 0 Å². The molecule has 0 spiro atoms. The lowest BCUT2D eigenvalue weighted by Crippen LogP contribution is -2.32. The minimum atomic E-state index is -0.0732. The van der Waals surface area contributed by atoms with Crippen LogP contribution in [0.2, 0.25) is 5.02 Å². The molecule has 1 amide bonds. The van der Waals surface area contributed by atoms with Gasteiger partial charge in [0.25, 0.3) is 5.91 Å². The van der Waals surface area contributed by atoms with Crippen molar-refractivity contribution in [1.82, 2.24) is 9.88 Å². The van der Waals surface area contributed by atoms with E-state index in [1.807, 2.05) is 41.2 Å². The number of hydrogen-bond acceptors (Lipinski definition) is 1. The summed E-state index contributed by atoms with van der Waals surface area (Å²) >= 11 is 6.17. The van der Waals surface area contributed by atoms with Gasteiger partial charge in [0, 0.05) is 24.1 Å². The topological polar surface area (TPSA) is 34.0 Å². The summed E-state index contributed by atoms with van der Waals surface area (Å²) in [6.45, 7) is 0. The predicted molar refractivity (Wildman–Crippen MR) is 80.5 cm³/mol. The Kier molecular flexibility index (Phi) is 3.79. The molecular weight excluding hydrogens is 272 g/mol. The highest BCUT2D eigenvalue weighted by Gasteiger charge is 2.19. The molecule has 0 saturated heterocycles. The Morgan fingerprint density at radius 2 is 1.90 bits per heavy atom. The van der Waals surface area contributed by atoms with Gasteiger partial charge in [-0.25, -0.2) is 0 Å². The zero-order valence-electron chi connectivity index (χ0n) is 11.2. The molecule has 0 bridgehead atoms. The summed E-state index contributed by atoms with van der Waals surface area (Å²) in [5.41, 5.74) is 1.49. The van der Waals surface area contributed by atoms with Crippen molar-refractivity contribution in [2.24, 2.45) is 0 Å². The number of carbonyl (C=O) groups is 1. The van der Waals surface area contributed by atoms with Gasteiger partial charge in [-0.1, -0.05) is 24.4 Å². The molecule has 3 rings (SSSR count). The molecule has 1 saturated carbocycles. The van der Waals surface area contributed by atoms with Crippen molar-refractivity contribution >= 4 is 17.5 Å². The highest BCUT2D eigenvalue weighted by atomic mass is 35.5. The van der Waals surface area contributed by atoms with E-state index in [0.29, 0.717) is 16.6 Å². The standard InChI is InChI=1S/C16H17ClN2O/c17-15-8-7-13(19-9-3-4-10-19)11-14(15)16(20)18-12-5-1-2-6-12/h3-4,7-12H,1-2,5-6H2,(H,18,20). The minimum Gasteiger partial charge on any atom is -0.349 e. The summed E-state index contributed by atoms with van der Waals surface area (Å²) in [6, 6.07) is 9.73. The molecule has 0 unspecified atom stereocenters. The van der Waals surface area contributed by atoms with E-state index in [2.05, 4.69) is 5.32 Å². The maximum atomic E-state index is 12.3. The molecule has 1 heterocycles. The number of aromatic nitrogens is 1. The predicted octanol–water partition coefficient (Wildman–Crippen LogP) is 3.80. The van der Waals surface area contributed by atoms with Crippen LogP contribution >= 0.6 is 11.6 Å². The van der Waals surface area contributed by atoms with E-state index < -0.39 is 0 Å². The van der Waals surface area contributed by atoms with Crippen LogP contribution in [0.25, 0.3) is 5.69 Å². The smallest absolute Gasteiger partial charge is 0.253 e. The average Bonchev–Trinajstić information content (AvgIpc) is 3.11. The van der Waals surface area contributed by atoms with Gasteiger partial charge in [0.2, 0.25) is 0 Å². The van der Waals surface area contributed by atoms with Crippen LogP contribution in [-0.2, 0) is 0 Å². The third kappa shape index (κ3) is 2.73. The molecule has 1 aromatic carbocycles. The molecule has 20 heavy (non-hydrogen) atoms. The van der Waals surface area contributed by atoms with Gasteiger partial charge in [0.05, 0.1) is 10.6 Å². The van der Waals surface area contributed by atoms with Crippen LogP contribution in [-0.4, -0.2) is 16.5 Å². The SMILES string of the molecule is O=C(NC1CCCC1)c1cc(-n2cccc2)ccc1Cl. The molecule has 2 aromatic rings. The molecule has 104 valence electrons. The van der Waals surface area contributed by atoms with Gasteiger partial charge < -0.3 is 9.88 Å². The largest absolute Gasteiger partial charge is 0.349 e. The van der Waals surface area contributed by atoms with Crippen LogP contribution in [0, 0.1) is 0 Å². The van der Waals surface area contributed by atoms with Crippen LogP contribution in [0.3, 0.4) is 0 Å². The second kappa shape index (κ2) is 5.71. The average molecular weight is 289 g/mol. The van der Waals surface area contributed by atoms with Crippen molar-refractivity contribution < 1.29 is 4.79 Å². The third-order valence-corrected chi connectivity index (χ3v) is 4.12. The van der Waals surface area contributed by atoms with Gasteiger partial charge in [-0.05, 0) is 43.2 Å². The Hall–Kier alpha value is -1.74. The van der Waals surface area contributed by atoms with Crippen molar-refractivity contribution in [3.8, 4) is 5.69 Å². The Morgan fingerprint density at radius 3 is 2.60 bits per heavy atom. The van der Waals surface area contributed by atoms with E-state index in [-0.39, 0.29) is 5.91 Å². The molecule has 1 fully saturated rings. The molecule has 1 aliphatic carbocycles. The number of rotatable bonds is 3. The number of amides is 1. The summed E-state index contributed by atoms with van der Waals surface area (Å²) in [7, 11) is 0. The van der Waals surface area contributed by atoms with E-state index in [9.17, 15) is 4.79 Å². The van der Waals surface area contributed by atoms with E-state index in [1.165, 1.54) is 12.8 Å². The minimum absolute atomic E-state index is 0.0732. The Labute approximate surface area is 123 Å². The molecule has 3 nitrogen and oxygen atoms in total. The summed E-state index contributed by atoms with van der Waals surface area (Å²) in [5.74, 6) is -0.0732. The lowest BCUT2D eigenvalue weighted by Gasteiger charge is -2.14. The number of halogens is 1. The summed E-state index contributed by atoms with van der Waals surface area (Å²) in [6.07, 6.45) is 8.43. The fraction of sp³-hybridized carbons (Fsp3) is 0.312. The summed E-state index contributed by atoms with van der Waals surface area (Å²) < 4.78 is 1.96. The highest BCUT2D eigenvalue weighted by Crippen LogP contribution is 2.22. The second-order valence-electron chi connectivity index (χ2n) is 5.21. The fourth-order valence-electron chi connectivity index (χ4n) is 2.69. The lowest BCUT2D eigenvalue weighted by atomic mass is 10.1. The monoisotopic (exact) mass is 288 g/mol. The van der Waals surface area contributed by atoms with Crippen LogP contribution in [0.5, 0.6) is 0 Å². The van der Waals surface area contributed by atoms with Gasteiger partial charge in [-0.3, -0.25) is 4.79 Å². The lowest BCUT2D eigenvalue weighted by molar-refractivity contribution is 0.0938. The first-order chi connectivity index (χ1) is 9.74. The summed E-state index contributed by atoms with van der Waals surface area (Å²) in [5, 5.41) is 3.57. The van der Waals surface area contributed by atoms with Crippen LogP contribution in [0.4, 0.5) is 0 Å². The van der Waals surface area contributed by atoms with E-state index in [0.717, 1.165) is 18.5 Å². The third-order valence-electron chi connectivity index (χ3n) is 3.79. The van der Waals surface area contributed by atoms with Crippen LogP contribution < -0.4 is 5.32 Å². The van der Waals surface area contributed by atoms with E-state index >= 15 is 0 Å². The number of benzene rings is 1. The van der Waals surface area contributed by atoms with Gasteiger partial charge in [-0.15, -0.1) is 0 Å². The van der Waals surface area contributed by atoms with Gasteiger partial charge >= 0.3 is 0 Å². The molecular formula is C16H17ClN2O. The van der Waals surface area contributed by atoms with Crippen molar-refractivity contribution in [2.45, 2.75) is 31.7 Å².